The maximum Gasteiger partial charge on any atom is 0.490 e. The number of phenolic OH excluding ortho intramolecular Hbond substituents is 1. The number of aromatic carboxylic acids is 2. The number of aromatic hydroxyl groups is 1. The van der Waals surface area contributed by atoms with Crippen LogP contribution < -0.4 is 23.7 Å². The lowest BCUT2D eigenvalue weighted by molar-refractivity contribution is -0.192. The zero-order chi connectivity index (χ0) is 94.2. The van der Waals surface area contributed by atoms with Crippen molar-refractivity contribution in [2.24, 2.45) is 0 Å². The van der Waals surface area contributed by atoms with Crippen molar-refractivity contribution in [3.05, 3.63) is 266 Å². The van der Waals surface area contributed by atoms with Gasteiger partial charge in [-0.1, -0.05) is 157 Å². The van der Waals surface area contributed by atoms with Crippen LogP contribution in [0.5, 0.6) is 52.1 Å². The number of rotatable bonds is 21. The summed E-state index contributed by atoms with van der Waals surface area (Å²) in [4.78, 5) is 54.2. The van der Waals surface area contributed by atoms with Crippen LogP contribution in [0.1, 0.15) is 189 Å². The molecule has 132 heavy (non-hydrogen) atoms. The minimum absolute atomic E-state index is 0.0404. The Bertz CT molecular complexity index is 5280. The fourth-order valence-electron chi connectivity index (χ4n) is 14.3. The molecule has 6 fully saturated rings. The number of halogens is 4. The predicted octanol–water partition coefficient (Wildman–Crippen LogP) is 18.1. The third-order valence-electron chi connectivity index (χ3n) is 21.9. The molecule has 8 aromatic carbocycles. The number of benzene rings is 8. The number of carbonyl (C=O) groups is 5. The summed E-state index contributed by atoms with van der Waals surface area (Å²) >= 11 is 3.35. The lowest BCUT2D eigenvalue weighted by Gasteiger charge is -2.32. The van der Waals surface area contributed by atoms with Crippen molar-refractivity contribution >= 4 is 45.6 Å². The van der Waals surface area contributed by atoms with Gasteiger partial charge in [0.15, 0.2) is 0 Å². The van der Waals surface area contributed by atoms with Crippen LogP contribution >= 0.6 is 15.9 Å². The molecular formula is C97H111BrF3N9O22. The zero-order valence-corrected chi connectivity index (χ0v) is 75.7. The fourth-order valence-corrected chi connectivity index (χ4v) is 14.6. The monoisotopic (exact) mass is 1890 g/mol. The van der Waals surface area contributed by atoms with Crippen LogP contribution in [0.4, 0.5) is 13.2 Å². The average Bonchev–Trinajstić information content (AvgIpc) is 1.78. The Labute approximate surface area is 770 Å². The number of carboxylic acids is 3. The molecule has 0 unspecified atom stereocenters. The van der Waals surface area contributed by atoms with E-state index in [2.05, 4.69) is 90.1 Å². The van der Waals surface area contributed by atoms with E-state index in [-0.39, 0.29) is 41.3 Å². The van der Waals surface area contributed by atoms with Crippen LogP contribution in [0.15, 0.2) is 199 Å². The van der Waals surface area contributed by atoms with Crippen LogP contribution in [0.2, 0.25) is 0 Å². The number of nitrogens with zero attached hydrogens (tertiary/aromatic N) is 8. The first-order chi connectivity index (χ1) is 63.7. The first kappa shape index (κ1) is 102. The third kappa shape index (κ3) is 32.8. The second-order valence-electron chi connectivity index (χ2n) is 31.2. The van der Waals surface area contributed by atoms with Gasteiger partial charge in [-0.15, -0.1) is 10.2 Å². The van der Waals surface area contributed by atoms with Gasteiger partial charge in [0.1, 0.15) is 40.3 Å². The van der Waals surface area contributed by atoms with Gasteiger partial charge in [-0.25, -0.2) is 33.6 Å². The van der Waals surface area contributed by atoms with Gasteiger partial charge in [-0.2, -0.15) is 13.2 Å². The first-order valence-electron chi connectivity index (χ1n) is 43.3. The van der Waals surface area contributed by atoms with Crippen molar-refractivity contribution in [1.82, 2.24) is 45.4 Å². The molecule has 6 aliphatic rings. The molecule has 0 spiro atoms. The zero-order valence-electron chi connectivity index (χ0n) is 74.1. The molecule has 0 atom stereocenters. The van der Waals surface area contributed by atoms with Gasteiger partial charge in [0.2, 0.25) is 17.1 Å². The van der Waals surface area contributed by atoms with E-state index in [0.29, 0.717) is 118 Å². The SMILES string of the molecule is CCOC(=O)c1nnn(Cc2ccc(OC)cc2)c1Oc1ccc(C2CCOCC2)cc1.COc1ccc(Cn2nnc(C(=O)O)c2Oc2ccc(C3CCOCC3)cc2)cc1.Cc1ccc(Br)cc1.Cc1ccc(C2(O)CCOCC2)cc1.O=C(O)C(F)(F)F.O=C(O)c1[nH]nnc1Oc1ccc(C2CCOCC2)cc1.O=C1CCOCC1.Oc1ccc(C2CCOCC2)cc1. The number of methoxy groups -OCH3 is 2. The highest BCUT2D eigenvalue weighted by Crippen LogP contribution is 2.37. The topological polar surface area (TPSA) is 400 Å². The molecule has 3 aromatic heterocycles. The molecule has 9 heterocycles. The molecule has 0 bridgehead atoms. The first-order valence-corrected chi connectivity index (χ1v) is 44.1. The normalized spacial score (nSPS) is 15.6. The maximum absolute atomic E-state index is 12.4. The van der Waals surface area contributed by atoms with Crippen LogP contribution in [0, 0.1) is 13.8 Å². The van der Waals surface area contributed by atoms with Crippen LogP contribution in [-0.2, 0) is 61.4 Å². The number of nitrogens with one attached hydrogen (secondary N) is 1. The van der Waals surface area contributed by atoms with Crippen molar-refractivity contribution in [2.75, 3.05) is 100 Å². The standard InChI is InChI=1S/C24H27N3O5.C22H23N3O5.C14H15N3O4.C12H16O2.C11H14O2.C7H7Br.C5H8O2.C2HF3O2/c1-3-31-24(28)22-23(27(26-25-22)16-17-4-8-20(29-2)9-5-17)32-21-10-6-18(7-11-21)19-12-14-30-15-13-19;1-28-18-6-2-15(3-7-18)14-25-21(20(22(26)27)23-24-25)30-19-8-4-16(5-9-19)17-10-12-29-13-11-17;18-14(19)12-13(16-17-15-12)21-11-3-1-9(2-4-11)10-5-7-20-8-6-10;1-10-2-4-11(5-3-10)12(13)6-8-14-9-7-12;12-11-3-1-9(2-4-11)10-5-7-13-8-6-10;1-6-2-4-7(8)5-3-6;6-5-1-3-7-4-2-5;3-2(4,5)1(6)7/h4-11,19H,3,12-16H2,1-2H3;2-9,17H,10-14H2,1H3,(H,26,27);1-4,10H,5-8H2,(H,18,19)(H,15,16,17);2-5,13H,6-9H2,1H3;1-4,10,12H,5-8H2;2-5H,1H3;1-4H2;(H,6,7). The number of esters is 1. The Morgan fingerprint density at radius 3 is 1.17 bits per heavy atom. The summed E-state index contributed by atoms with van der Waals surface area (Å²) in [6, 6.07) is 62.2. The number of aromatic nitrogens is 9. The lowest BCUT2D eigenvalue weighted by atomic mass is 9.86. The summed E-state index contributed by atoms with van der Waals surface area (Å²) in [5.74, 6) is 0.583. The minimum Gasteiger partial charge on any atom is -0.508 e. The molecule has 17 rings (SSSR count). The number of carboxylic acid groups (broad SMARTS) is 3. The molecular weight excluding hydrogens is 1780 g/mol. The van der Waals surface area contributed by atoms with E-state index in [1.165, 1.54) is 38.1 Å². The number of aryl methyl sites for hydroxylation is 2. The highest BCUT2D eigenvalue weighted by atomic mass is 79.9. The van der Waals surface area contributed by atoms with Crippen molar-refractivity contribution in [3.63, 3.8) is 0 Å². The van der Waals surface area contributed by atoms with Crippen molar-refractivity contribution in [3.8, 4) is 52.1 Å². The lowest BCUT2D eigenvalue weighted by Crippen LogP contribution is -2.33. The molecule has 0 aliphatic carbocycles. The number of H-pyrrole nitrogens is 1. The molecule has 11 aromatic rings. The van der Waals surface area contributed by atoms with E-state index in [9.17, 15) is 42.6 Å². The van der Waals surface area contributed by atoms with Crippen LogP contribution in [0.3, 0.4) is 0 Å². The van der Waals surface area contributed by atoms with Gasteiger partial charge >= 0.3 is 30.1 Å². The molecule has 0 amide bonds. The summed E-state index contributed by atoms with van der Waals surface area (Å²) in [5.41, 5.74) is 9.48. The number of ether oxygens (including phenoxy) is 12. The molecule has 31 nitrogen and oxygen atoms in total. The summed E-state index contributed by atoms with van der Waals surface area (Å²) < 4.78 is 101. The van der Waals surface area contributed by atoms with E-state index >= 15 is 0 Å². The number of aliphatic hydroxyl groups is 1. The molecule has 6 saturated heterocycles. The number of hydrogen-bond acceptors (Lipinski definition) is 25. The molecule has 704 valence electrons. The highest BCUT2D eigenvalue weighted by molar-refractivity contribution is 9.10. The average molecular weight is 1890 g/mol. The number of alkyl halides is 3. The maximum atomic E-state index is 12.4. The van der Waals surface area contributed by atoms with E-state index in [1.807, 2.05) is 158 Å². The number of aromatic amines is 1. The van der Waals surface area contributed by atoms with Gasteiger partial charge in [-0.3, -0.25) is 4.79 Å². The van der Waals surface area contributed by atoms with E-state index < -0.39 is 35.7 Å². The molecule has 35 heteroatoms. The number of carbonyl (C=O) groups excluding carboxylic acids is 2. The van der Waals surface area contributed by atoms with Gasteiger partial charge < -0.3 is 82.4 Å². The third-order valence-corrected chi connectivity index (χ3v) is 22.5. The fraction of sp³-hybridized carbons (Fsp3) is 0.392. The summed E-state index contributed by atoms with van der Waals surface area (Å²) in [7, 11) is 3.22. The minimum atomic E-state index is -5.08. The van der Waals surface area contributed by atoms with Crippen molar-refractivity contribution < 1.29 is 120 Å². The van der Waals surface area contributed by atoms with Gasteiger partial charge in [0, 0.05) is 96.2 Å². The van der Waals surface area contributed by atoms with Crippen LogP contribution in [0.25, 0.3) is 0 Å². The Balaban J connectivity index is 0.000000166. The smallest absolute Gasteiger partial charge is 0.490 e. The molecule has 6 aliphatic heterocycles. The highest BCUT2D eigenvalue weighted by Gasteiger charge is 2.38. The van der Waals surface area contributed by atoms with Crippen molar-refractivity contribution in [2.45, 2.75) is 146 Å². The van der Waals surface area contributed by atoms with E-state index in [0.717, 1.165) is 137 Å². The van der Waals surface area contributed by atoms with Crippen LogP contribution in [-0.4, -0.2) is 207 Å². The number of ketones is 1. The Kier molecular flexibility index (Phi) is 40.5. The summed E-state index contributed by atoms with van der Waals surface area (Å²) in [5, 5.41) is 70.3. The largest absolute Gasteiger partial charge is 0.508 e. The molecule has 0 radical (unpaired) electrons. The second kappa shape index (κ2) is 52.5. The number of Topliss-reactive ketones (excluding diaryl/α,β-unsaturated/α-hetero) is 1. The Morgan fingerprint density at radius 2 is 0.818 bits per heavy atom. The molecule has 6 N–H and O–H groups in total. The summed E-state index contributed by atoms with van der Waals surface area (Å²) in [6.07, 6.45) is 5.86. The second-order valence-corrected chi connectivity index (χ2v) is 32.1. The quantitative estimate of drug-likeness (QED) is 0.0364. The summed E-state index contributed by atoms with van der Waals surface area (Å²) in [6.45, 7) is 15.9. The van der Waals surface area contributed by atoms with Gasteiger partial charge in [0.05, 0.1) is 52.7 Å². The number of hydrogen-bond donors (Lipinski definition) is 6. The van der Waals surface area contributed by atoms with Crippen molar-refractivity contribution in [1.29, 1.82) is 0 Å². The Morgan fingerprint density at radius 1 is 0.470 bits per heavy atom. The van der Waals surface area contributed by atoms with E-state index in [4.69, 9.17) is 77.0 Å². The number of phenols is 1. The Hall–Kier alpha value is -12.5. The van der Waals surface area contributed by atoms with Gasteiger partial charge in [-0.05, 0) is 220 Å². The number of aliphatic carboxylic acids is 1. The predicted molar refractivity (Wildman–Crippen MR) is 482 cm³/mol. The molecule has 0 saturated carbocycles. The van der Waals surface area contributed by atoms with E-state index in [1.54, 1.807) is 38.0 Å². The van der Waals surface area contributed by atoms with Gasteiger partial charge in [0.25, 0.3) is 17.6 Å².